The standard InChI is InChI=1S/C15H24N4O/c1-3-18(4-2)15(20)12-19-9-8-17-11-14(19)13-6-5-7-16-10-13/h5-7,10,14,17H,3-4,8-9,11-12H2,1-2H3. The number of hydrogen-bond donors (Lipinski definition) is 1. The van der Waals surface area contributed by atoms with Crippen molar-refractivity contribution in [2.75, 3.05) is 39.3 Å². The zero-order valence-electron chi connectivity index (χ0n) is 12.4. The predicted molar refractivity (Wildman–Crippen MR) is 79.3 cm³/mol. The van der Waals surface area contributed by atoms with Crippen molar-refractivity contribution in [3.8, 4) is 0 Å². The fraction of sp³-hybridized carbons (Fsp3) is 0.600. The topological polar surface area (TPSA) is 48.5 Å². The molecule has 1 aromatic rings. The Balaban J connectivity index is 2.06. The van der Waals surface area contributed by atoms with Crippen molar-refractivity contribution in [1.29, 1.82) is 0 Å². The van der Waals surface area contributed by atoms with E-state index < -0.39 is 0 Å². The first-order valence-corrected chi connectivity index (χ1v) is 7.38. The predicted octanol–water partition coefficient (Wildman–Crippen LogP) is 0.896. The lowest BCUT2D eigenvalue weighted by molar-refractivity contribution is -0.132. The summed E-state index contributed by atoms with van der Waals surface area (Å²) in [6.45, 7) is 8.79. The first-order valence-electron chi connectivity index (χ1n) is 7.38. The molecule has 20 heavy (non-hydrogen) atoms. The smallest absolute Gasteiger partial charge is 0.236 e. The summed E-state index contributed by atoms with van der Waals surface area (Å²) >= 11 is 0. The molecule has 1 aliphatic rings. The first-order chi connectivity index (χ1) is 9.76. The average Bonchev–Trinajstić information content (AvgIpc) is 2.50. The molecule has 5 nitrogen and oxygen atoms in total. The van der Waals surface area contributed by atoms with E-state index in [4.69, 9.17) is 0 Å². The molecule has 1 saturated heterocycles. The minimum absolute atomic E-state index is 0.214. The Bertz CT molecular complexity index is 419. The van der Waals surface area contributed by atoms with Crippen molar-refractivity contribution in [2.45, 2.75) is 19.9 Å². The summed E-state index contributed by atoms with van der Waals surface area (Å²) in [4.78, 5) is 20.6. The Kier molecular flexibility index (Phi) is 5.49. The summed E-state index contributed by atoms with van der Waals surface area (Å²) in [5.74, 6) is 0.214. The van der Waals surface area contributed by atoms with Gasteiger partial charge in [0.1, 0.15) is 0 Å². The zero-order valence-corrected chi connectivity index (χ0v) is 12.4. The molecule has 1 atom stereocenters. The van der Waals surface area contributed by atoms with E-state index >= 15 is 0 Å². The number of nitrogens with one attached hydrogen (secondary N) is 1. The fourth-order valence-electron chi connectivity index (χ4n) is 2.69. The van der Waals surface area contributed by atoms with Crippen molar-refractivity contribution in [2.24, 2.45) is 0 Å². The van der Waals surface area contributed by atoms with Gasteiger partial charge in [0.05, 0.1) is 6.54 Å². The molecule has 1 amide bonds. The zero-order chi connectivity index (χ0) is 14.4. The van der Waals surface area contributed by atoms with E-state index in [2.05, 4.69) is 21.3 Å². The second-order valence-corrected chi connectivity index (χ2v) is 5.04. The highest BCUT2D eigenvalue weighted by atomic mass is 16.2. The van der Waals surface area contributed by atoms with E-state index in [1.54, 1.807) is 6.20 Å². The van der Waals surface area contributed by atoms with Crippen molar-refractivity contribution in [1.82, 2.24) is 20.1 Å². The van der Waals surface area contributed by atoms with Gasteiger partial charge in [0.25, 0.3) is 0 Å². The second-order valence-electron chi connectivity index (χ2n) is 5.04. The third-order valence-electron chi connectivity index (χ3n) is 3.88. The van der Waals surface area contributed by atoms with Gasteiger partial charge < -0.3 is 10.2 Å². The van der Waals surface area contributed by atoms with Gasteiger partial charge >= 0.3 is 0 Å². The third kappa shape index (κ3) is 3.55. The molecule has 0 radical (unpaired) electrons. The van der Waals surface area contributed by atoms with Crippen molar-refractivity contribution in [3.63, 3.8) is 0 Å². The average molecular weight is 276 g/mol. The van der Waals surface area contributed by atoms with Crippen LogP contribution in [0.2, 0.25) is 0 Å². The largest absolute Gasteiger partial charge is 0.342 e. The molecule has 0 aliphatic carbocycles. The Labute approximate surface area is 121 Å². The second kappa shape index (κ2) is 7.36. The van der Waals surface area contributed by atoms with Crippen LogP contribution in [0.4, 0.5) is 0 Å². The molecule has 1 aliphatic heterocycles. The number of rotatable bonds is 5. The van der Waals surface area contributed by atoms with Crippen LogP contribution in [0.3, 0.4) is 0 Å². The lowest BCUT2D eigenvalue weighted by Gasteiger charge is -2.36. The number of aromatic nitrogens is 1. The molecule has 1 unspecified atom stereocenters. The molecule has 2 heterocycles. The molecule has 0 aromatic carbocycles. The SMILES string of the molecule is CCN(CC)C(=O)CN1CCNCC1c1cccnc1. The van der Waals surface area contributed by atoms with E-state index in [-0.39, 0.29) is 11.9 Å². The summed E-state index contributed by atoms with van der Waals surface area (Å²) in [7, 11) is 0. The van der Waals surface area contributed by atoms with Crippen LogP contribution in [-0.4, -0.2) is 60.0 Å². The van der Waals surface area contributed by atoms with E-state index in [1.165, 1.54) is 5.56 Å². The van der Waals surface area contributed by atoms with Gasteiger partial charge in [-0.3, -0.25) is 14.7 Å². The van der Waals surface area contributed by atoms with Gasteiger partial charge in [0.15, 0.2) is 0 Å². The van der Waals surface area contributed by atoms with Gasteiger partial charge in [-0.15, -0.1) is 0 Å². The molecule has 0 bridgehead atoms. The van der Waals surface area contributed by atoms with E-state index in [0.717, 1.165) is 32.7 Å². The molecule has 0 saturated carbocycles. The normalized spacial score (nSPS) is 19.8. The van der Waals surface area contributed by atoms with Crippen molar-refractivity contribution >= 4 is 5.91 Å². The van der Waals surface area contributed by atoms with Crippen LogP contribution in [0.5, 0.6) is 0 Å². The van der Waals surface area contributed by atoms with E-state index in [1.807, 2.05) is 31.0 Å². The number of pyridine rings is 1. The van der Waals surface area contributed by atoms with Crippen LogP contribution in [0, 0.1) is 0 Å². The lowest BCUT2D eigenvalue weighted by atomic mass is 10.1. The first kappa shape index (κ1) is 14.9. The number of likely N-dealkylation sites (N-methyl/N-ethyl adjacent to an activating group) is 1. The monoisotopic (exact) mass is 276 g/mol. The highest BCUT2D eigenvalue weighted by molar-refractivity contribution is 5.78. The summed E-state index contributed by atoms with van der Waals surface area (Å²) in [5, 5.41) is 3.40. The van der Waals surface area contributed by atoms with Gasteiger partial charge in [-0.25, -0.2) is 0 Å². The maximum absolute atomic E-state index is 12.3. The summed E-state index contributed by atoms with van der Waals surface area (Å²) in [5.41, 5.74) is 1.17. The van der Waals surface area contributed by atoms with Crippen LogP contribution in [0.15, 0.2) is 24.5 Å². The number of piperazine rings is 1. The highest BCUT2D eigenvalue weighted by Gasteiger charge is 2.26. The Morgan fingerprint density at radius 2 is 2.30 bits per heavy atom. The molecular weight excluding hydrogens is 252 g/mol. The molecule has 2 rings (SSSR count). The number of nitrogens with zero attached hydrogens (tertiary/aromatic N) is 3. The number of hydrogen-bond acceptors (Lipinski definition) is 4. The fourth-order valence-corrected chi connectivity index (χ4v) is 2.69. The van der Waals surface area contributed by atoms with E-state index in [0.29, 0.717) is 6.54 Å². The Morgan fingerprint density at radius 3 is 2.95 bits per heavy atom. The lowest BCUT2D eigenvalue weighted by Crippen LogP contribution is -2.50. The van der Waals surface area contributed by atoms with Gasteiger partial charge in [-0.1, -0.05) is 6.07 Å². The molecule has 1 aromatic heterocycles. The number of amides is 1. The third-order valence-corrected chi connectivity index (χ3v) is 3.88. The maximum Gasteiger partial charge on any atom is 0.236 e. The quantitative estimate of drug-likeness (QED) is 0.868. The minimum Gasteiger partial charge on any atom is -0.342 e. The van der Waals surface area contributed by atoms with Crippen molar-refractivity contribution < 1.29 is 4.79 Å². The van der Waals surface area contributed by atoms with Crippen LogP contribution in [0.1, 0.15) is 25.5 Å². The molecule has 0 spiro atoms. The van der Waals surface area contributed by atoms with E-state index in [9.17, 15) is 4.79 Å². The molecular formula is C15H24N4O. The number of carbonyl (C=O) groups is 1. The highest BCUT2D eigenvalue weighted by Crippen LogP contribution is 2.21. The Hall–Kier alpha value is -1.46. The van der Waals surface area contributed by atoms with Crippen LogP contribution < -0.4 is 5.32 Å². The maximum atomic E-state index is 12.3. The van der Waals surface area contributed by atoms with Gasteiger partial charge in [-0.05, 0) is 25.5 Å². The Morgan fingerprint density at radius 1 is 1.50 bits per heavy atom. The summed E-state index contributed by atoms with van der Waals surface area (Å²) in [6.07, 6.45) is 3.68. The van der Waals surface area contributed by atoms with Gasteiger partial charge in [0, 0.05) is 51.2 Å². The van der Waals surface area contributed by atoms with Crippen LogP contribution in [0.25, 0.3) is 0 Å². The minimum atomic E-state index is 0.214. The molecule has 1 fully saturated rings. The van der Waals surface area contributed by atoms with Crippen molar-refractivity contribution in [3.05, 3.63) is 30.1 Å². The molecule has 110 valence electrons. The molecule has 1 N–H and O–H groups in total. The van der Waals surface area contributed by atoms with Gasteiger partial charge in [0.2, 0.25) is 5.91 Å². The van der Waals surface area contributed by atoms with Crippen LogP contribution >= 0.6 is 0 Å². The summed E-state index contributed by atoms with van der Waals surface area (Å²) < 4.78 is 0. The van der Waals surface area contributed by atoms with Crippen LogP contribution in [-0.2, 0) is 4.79 Å². The number of carbonyl (C=O) groups excluding carboxylic acids is 1. The molecule has 5 heteroatoms. The van der Waals surface area contributed by atoms with Gasteiger partial charge in [-0.2, -0.15) is 0 Å². The summed E-state index contributed by atoms with van der Waals surface area (Å²) in [6, 6.07) is 4.27.